The van der Waals surface area contributed by atoms with Crippen molar-refractivity contribution in [3.63, 3.8) is 0 Å². The first-order chi connectivity index (χ1) is 10.8. The number of rotatable bonds is 5. The molecule has 0 saturated carbocycles. The average Bonchev–Trinajstić information content (AvgIpc) is 2.55. The number of hydrogen-bond donors (Lipinski definition) is 1. The third-order valence-corrected chi connectivity index (χ3v) is 4.54. The minimum atomic E-state index is 0.415. The number of unbranched alkanes of at least 4 members (excludes halogenated alkanes) is 2. The largest absolute Gasteiger partial charge is 0.507 e. The Kier molecular flexibility index (Phi) is 4.37. The summed E-state index contributed by atoms with van der Waals surface area (Å²) in [5, 5.41) is 10.8. The summed E-state index contributed by atoms with van der Waals surface area (Å²) in [5.41, 5.74) is 5.45. The van der Waals surface area contributed by atoms with Crippen LogP contribution >= 0.6 is 0 Å². The Morgan fingerprint density at radius 2 is 1.95 bits per heavy atom. The van der Waals surface area contributed by atoms with Crippen LogP contribution in [0.2, 0.25) is 0 Å². The number of aryl methyl sites for hydroxylation is 1. The molecule has 22 heavy (non-hydrogen) atoms. The van der Waals surface area contributed by atoms with Crippen molar-refractivity contribution in [3.8, 4) is 22.6 Å². The average molecular weight is 296 g/mol. The first-order valence-electron chi connectivity index (χ1n) is 8.35. The van der Waals surface area contributed by atoms with Gasteiger partial charge in [0, 0.05) is 0 Å². The molecule has 1 N–H and O–H groups in total. The zero-order valence-corrected chi connectivity index (χ0v) is 13.5. The second kappa shape index (κ2) is 6.43. The fraction of sp³-hybridized carbons (Fsp3) is 0.400. The number of aromatic hydroxyl groups is 1. The molecule has 0 saturated heterocycles. The van der Waals surface area contributed by atoms with E-state index in [4.69, 9.17) is 4.74 Å². The Morgan fingerprint density at radius 1 is 1.14 bits per heavy atom. The Labute approximate surface area is 132 Å². The lowest BCUT2D eigenvalue weighted by Gasteiger charge is -2.24. The standard InChI is InChI=1S/C20H24O2/c1-3-5-6-9-14-12-18-19(20(21)16(14)4-2)17-11-8-7-10-15(17)13-22-18/h7-8,10-12,21H,3-6,9,13H2,1-2H3. The molecule has 2 heteroatoms. The molecule has 0 amide bonds. The van der Waals surface area contributed by atoms with Crippen LogP contribution in [0.5, 0.6) is 11.5 Å². The molecule has 0 radical (unpaired) electrons. The van der Waals surface area contributed by atoms with Gasteiger partial charge in [-0.2, -0.15) is 0 Å². The fourth-order valence-electron chi connectivity index (χ4n) is 3.34. The Bertz CT molecular complexity index is 674. The summed E-state index contributed by atoms with van der Waals surface area (Å²) in [7, 11) is 0. The molecule has 1 aliphatic rings. The Morgan fingerprint density at radius 3 is 2.73 bits per heavy atom. The van der Waals surface area contributed by atoms with E-state index in [1.165, 1.54) is 18.4 Å². The molecular weight excluding hydrogens is 272 g/mol. The van der Waals surface area contributed by atoms with Crippen LogP contribution in [0.4, 0.5) is 0 Å². The summed E-state index contributed by atoms with van der Waals surface area (Å²) in [5.74, 6) is 1.25. The number of phenols is 1. The van der Waals surface area contributed by atoms with Crippen molar-refractivity contribution in [2.75, 3.05) is 0 Å². The molecule has 0 aliphatic carbocycles. The van der Waals surface area contributed by atoms with Crippen LogP contribution in [-0.4, -0.2) is 5.11 Å². The van der Waals surface area contributed by atoms with E-state index in [2.05, 4.69) is 32.0 Å². The van der Waals surface area contributed by atoms with Crippen LogP contribution in [0.3, 0.4) is 0 Å². The van der Waals surface area contributed by atoms with Crippen LogP contribution in [0.25, 0.3) is 11.1 Å². The topological polar surface area (TPSA) is 29.5 Å². The van der Waals surface area contributed by atoms with Crippen LogP contribution in [0.1, 0.15) is 49.8 Å². The molecule has 3 rings (SSSR count). The van der Waals surface area contributed by atoms with E-state index >= 15 is 0 Å². The van der Waals surface area contributed by atoms with Crippen molar-refractivity contribution in [1.29, 1.82) is 0 Å². The highest BCUT2D eigenvalue weighted by Crippen LogP contribution is 2.46. The number of benzene rings is 2. The molecular formula is C20H24O2. The first-order valence-corrected chi connectivity index (χ1v) is 8.35. The van der Waals surface area contributed by atoms with Gasteiger partial charge < -0.3 is 9.84 Å². The second-order valence-corrected chi connectivity index (χ2v) is 5.99. The molecule has 2 aromatic rings. The van der Waals surface area contributed by atoms with E-state index < -0.39 is 0 Å². The van der Waals surface area contributed by atoms with Gasteiger partial charge in [0.1, 0.15) is 18.1 Å². The number of ether oxygens (including phenoxy) is 1. The molecule has 1 aliphatic heterocycles. The molecule has 2 aromatic carbocycles. The predicted octanol–water partition coefficient (Wildman–Crippen LogP) is 5.25. The van der Waals surface area contributed by atoms with E-state index in [1.807, 2.05) is 12.1 Å². The lowest BCUT2D eigenvalue weighted by atomic mass is 9.89. The van der Waals surface area contributed by atoms with Gasteiger partial charge in [0.05, 0.1) is 5.56 Å². The summed E-state index contributed by atoms with van der Waals surface area (Å²) in [6, 6.07) is 10.3. The quantitative estimate of drug-likeness (QED) is 0.764. The lowest BCUT2D eigenvalue weighted by molar-refractivity contribution is 0.299. The summed E-state index contributed by atoms with van der Waals surface area (Å²) in [6.45, 7) is 4.91. The van der Waals surface area contributed by atoms with Gasteiger partial charge in [0.15, 0.2) is 0 Å². The van der Waals surface area contributed by atoms with Gasteiger partial charge in [0.25, 0.3) is 0 Å². The summed E-state index contributed by atoms with van der Waals surface area (Å²) in [6.07, 6.45) is 5.47. The van der Waals surface area contributed by atoms with Crippen LogP contribution in [0, 0.1) is 0 Å². The lowest BCUT2D eigenvalue weighted by Crippen LogP contribution is -2.08. The monoisotopic (exact) mass is 296 g/mol. The van der Waals surface area contributed by atoms with Crippen LogP contribution in [-0.2, 0) is 19.4 Å². The molecule has 116 valence electrons. The van der Waals surface area contributed by atoms with Crippen LogP contribution in [0.15, 0.2) is 30.3 Å². The van der Waals surface area contributed by atoms with Gasteiger partial charge in [-0.3, -0.25) is 0 Å². The molecule has 1 heterocycles. The van der Waals surface area contributed by atoms with E-state index in [0.29, 0.717) is 12.4 Å². The SMILES string of the molecule is CCCCCc1cc2c(c(O)c1CC)-c1ccccc1CO2. The predicted molar refractivity (Wildman–Crippen MR) is 90.5 cm³/mol. The Balaban J connectivity index is 2.08. The molecule has 0 aromatic heterocycles. The maximum Gasteiger partial charge on any atom is 0.131 e. The minimum Gasteiger partial charge on any atom is -0.507 e. The molecule has 0 unspecified atom stereocenters. The van der Waals surface area contributed by atoms with Crippen molar-refractivity contribution in [1.82, 2.24) is 0 Å². The number of fused-ring (bicyclic) bond motifs is 3. The maximum absolute atomic E-state index is 10.8. The maximum atomic E-state index is 10.8. The van der Waals surface area contributed by atoms with Crippen molar-refractivity contribution in [2.45, 2.75) is 52.6 Å². The summed E-state index contributed by atoms with van der Waals surface area (Å²) >= 11 is 0. The zero-order valence-electron chi connectivity index (χ0n) is 13.5. The van der Waals surface area contributed by atoms with Gasteiger partial charge in [-0.25, -0.2) is 0 Å². The first kappa shape index (κ1) is 15.0. The molecule has 0 bridgehead atoms. The highest BCUT2D eigenvalue weighted by atomic mass is 16.5. The van der Waals surface area contributed by atoms with E-state index in [1.54, 1.807) is 0 Å². The number of phenolic OH excluding ortho intramolecular Hbond substituents is 1. The van der Waals surface area contributed by atoms with Gasteiger partial charge in [-0.05, 0) is 47.6 Å². The fourth-order valence-corrected chi connectivity index (χ4v) is 3.34. The Hall–Kier alpha value is -1.96. The van der Waals surface area contributed by atoms with E-state index in [0.717, 1.165) is 47.3 Å². The minimum absolute atomic E-state index is 0.415. The summed E-state index contributed by atoms with van der Waals surface area (Å²) < 4.78 is 5.92. The highest BCUT2D eigenvalue weighted by molar-refractivity contribution is 5.82. The van der Waals surface area contributed by atoms with Crippen molar-refractivity contribution < 1.29 is 9.84 Å². The van der Waals surface area contributed by atoms with Gasteiger partial charge in [-0.15, -0.1) is 0 Å². The molecule has 0 fully saturated rings. The van der Waals surface area contributed by atoms with Crippen molar-refractivity contribution in [3.05, 3.63) is 47.0 Å². The number of hydrogen-bond acceptors (Lipinski definition) is 2. The normalized spacial score (nSPS) is 12.5. The highest BCUT2D eigenvalue weighted by Gasteiger charge is 2.24. The van der Waals surface area contributed by atoms with Gasteiger partial charge in [0.2, 0.25) is 0 Å². The molecule has 0 spiro atoms. The van der Waals surface area contributed by atoms with E-state index in [9.17, 15) is 5.11 Å². The smallest absolute Gasteiger partial charge is 0.131 e. The van der Waals surface area contributed by atoms with Crippen LogP contribution < -0.4 is 4.74 Å². The van der Waals surface area contributed by atoms with Gasteiger partial charge in [-0.1, -0.05) is 51.0 Å². The third-order valence-electron chi connectivity index (χ3n) is 4.54. The van der Waals surface area contributed by atoms with Crippen molar-refractivity contribution in [2.24, 2.45) is 0 Å². The third kappa shape index (κ3) is 2.58. The van der Waals surface area contributed by atoms with Crippen molar-refractivity contribution >= 4 is 0 Å². The molecule has 2 nitrogen and oxygen atoms in total. The second-order valence-electron chi connectivity index (χ2n) is 5.99. The van der Waals surface area contributed by atoms with E-state index in [-0.39, 0.29) is 0 Å². The summed E-state index contributed by atoms with van der Waals surface area (Å²) in [4.78, 5) is 0. The molecule has 0 atom stereocenters. The zero-order chi connectivity index (χ0) is 15.5. The van der Waals surface area contributed by atoms with Gasteiger partial charge >= 0.3 is 0 Å².